The summed E-state index contributed by atoms with van der Waals surface area (Å²) in [5.41, 5.74) is 2.02. The molecule has 7 heteroatoms. The van der Waals surface area contributed by atoms with Crippen LogP contribution >= 0.6 is 0 Å². The summed E-state index contributed by atoms with van der Waals surface area (Å²) in [5, 5.41) is 5.22. The molecule has 0 aliphatic heterocycles. The number of pyridine rings is 1. The summed E-state index contributed by atoms with van der Waals surface area (Å²) in [6.45, 7) is 5.28. The zero-order valence-electron chi connectivity index (χ0n) is 21.0. The topological polar surface area (TPSA) is 105 Å². The van der Waals surface area contributed by atoms with Crippen LogP contribution in [0.5, 0.6) is 0 Å². The van der Waals surface area contributed by atoms with Crippen LogP contribution in [-0.4, -0.2) is 42.5 Å². The first-order chi connectivity index (χ1) is 17.5. The van der Waals surface area contributed by atoms with Crippen LogP contribution in [0.3, 0.4) is 0 Å². The third-order valence-corrected chi connectivity index (χ3v) is 6.45. The first-order valence-electron chi connectivity index (χ1n) is 12.6. The lowest BCUT2D eigenvalue weighted by molar-refractivity contribution is -0.650. The summed E-state index contributed by atoms with van der Waals surface area (Å²) in [6.07, 6.45) is 2.96. The molecule has 2 unspecified atom stereocenters. The van der Waals surface area contributed by atoms with E-state index in [4.69, 9.17) is 4.74 Å². The molecular formula is C29H36N3O4+. The van der Waals surface area contributed by atoms with Crippen LogP contribution in [0.25, 0.3) is 0 Å². The van der Waals surface area contributed by atoms with E-state index in [1.54, 1.807) is 12.3 Å². The average molecular weight is 491 g/mol. The highest BCUT2D eigenvalue weighted by atomic mass is 16.5. The highest BCUT2D eigenvalue weighted by Crippen LogP contribution is 2.22. The van der Waals surface area contributed by atoms with Gasteiger partial charge in [0.2, 0.25) is 11.3 Å². The Hall–Kier alpha value is -3.71. The molecule has 4 N–H and O–H groups in total. The van der Waals surface area contributed by atoms with Gasteiger partial charge in [-0.25, -0.2) is 0 Å². The lowest BCUT2D eigenvalue weighted by Crippen LogP contribution is -2.88. The summed E-state index contributed by atoms with van der Waals surface area (Å²) in [7, 11) is 0. The molecule has 7 nitrogen and oxygen atoms in total. The molecule has 3 rings (SSSR count). The molecule has 1 heterocycles. The summed E-state index contributed by atoms with van der Waals surface area (Å²) in [5.74, 6) is -0.742. The number of ether oxygens (including phenoxy) is 1. The van der Waals surface area contributed by atoms with Gasteiger partial charge in [0, 0.05) is 36.0 Å². The Bertz CT molecular complexity index is 1120. The Morgan fingerprint density at radius 1 is 0.944 bits per heavy atom. The Labute approximate surface area is 212 Å². The predicted octanol–water partition coefficient (Wildman–Crippen LogP) is 3.36. The number of anilines is 1. The molecule has 0 radical (unpaired) electrons. The molecule has 0 spiro atoms. The Balaban J connectivity index is 1.71. The number of nitrogens with one attached hydrogen (secondary N) is 2. The van der Waals surface area contributed by atoms with Crippen molar-refractivity contribution in [2.45, 2.75) is 38.7 Å². The second-order valence-electron chi connectivity index (χ2n) is 8.86. The van der Waals surface area contributed by atoms with E-state index in [0.717, 1.165) is 18.5 Å². The fourth-order valence-corrected chi connectivity index (χ4v) is 4.26. The number of esters is 1. The quantitative estimate of drug-likeness (QED) is 0.237. The third-order valence-electron chi connectivity index (χ3n) is 6.45. The van der Waals surface area contributed by atoms with E-state index >= 15 is 0 Å². The van der Waals surface area contributed by atoms with Gasteiger partial charge in [-0.15, -0.1) is 0 Å². The standard InChI is InChI=1S/C29H35N3O4/c1-3-21(4-2)27(20-30-19-26(33)22-11-7-5-8-12-22)36-29(35)25(23-15-16-28(34)32-17-23)18-31-24-13-9-6-10-14-24/h5-17,21,25,27,30-31H,3-4,18-20H2,1-2H3,(H,32,34)/p+1. The maximum absolute atomic E-state index is 13.5. The van der Waals surface area contributed by atoms with Gasteiger partial charge in [0.25, 0.3) is 0 Å². The number of benzene rings is 2. The molecule has 0 amide bonds. The minimum atomic E-state index is -0.607. The van der Waals surface area contributed by atoms with Crippen molar-refractivity contribution in [2.75, 3.05) is 25.0 Å². The van der Waals surface area contributed by atoms with Crippen LogP contribution in [0.1, 0.15) is 48.5 Å². The summed E-state index contributed by atoms with van der Waals surface area (Å²) < 4.78 is 6.10. The van der Waals surface area contributed by atoms with E-state index in [9.17, 15) is 14.4 Å². The summed E-state index contributed by atoms with van der Waals surface area (Å²) in [4.78, 5) is 40.3. The number of rotatable bonds is 14. The highest BCUT2D eigenvalue weighted by molar-refractivity contribution is 5.96. The van der Waals surface area contributed by atoms with Crippen LogP contribution in [0.4, 0.5) is 5.69 Å². The first-order valence-corrected chi connectivity index (χ1v) is 12.6. The molecule has 2 atom stereocenters. The van der Waals surface area contributed by atoms with Gasteiger partial charge in [-0.3, -0.25) is 14.4 Å². The maximum Gasteiger partial charge on any atom is 0.315 e. The second kappa shape index (κ2) is 14.0. The number of H-pyrrole nitrogens is 1. The van der Waals surface area contributed by atoms with Gasteiger partial charge in [0.05, 0.1) is 0 Å². The number of carbonyl (C=O) groups is 2. The van der Waals surface area contributed by atoms with Crippen molar-refractivity contribution in [2.24, 2.45) is 5.92 Å². The molecule has 190 valence electrons. The summed E-state index contributed by atoms with van der Waals surface area (Å²) >= 11 is 0. The molecule has 0 saturated heterocycles. The Morgan fingerprint density at radius 3 is 2.22 bits per heavy atom. The largest absolute Gasteiger partial charge is 0.456 e. The van der Waals surface area contributed by atoms with E-state index < -0.39 is 5.92 Å². The maximum atomic E-state index is 13.5. The number of quaternary nitrogens is 1. The molecule has 3 aromatic rings. The van der Waals surface area contributed by atoms with Crippen molar-refractivity contribution >= 4 is 17.4 Å². The number of aromatic amines is 1. The van der Waals surface area contributed by atoms with Crippen molar-refractivity contribution in [1.29, 1.82) is 0 Å². The lowest BCUT2D eigenvalue weighted by atomic mass is 9.95. The first kappa shape index (κ1) is 26.9. The Kier molecular flexibility index (Phi) is 10.5. The minimum absolute atomic E-state index is 0.0448. The molecule has 1 aromatic heterocycles. The van der Waals surface area contributed by atoms with E-state index in [0.29, 0.717) is 24.2 Å². The van der Waals surface area contributed by atoms with Crippen molar-refractivity contribution in [3.05, 3.63) is 100 Å². The fourth-order valence-electron chi connectivity index (χ4n) is 4.26. The van der Waals surface area contributed by atoms with Crippen LogP contribution in [0.15, 0.2) is 83.8 Å². The average Bonchev–Trinajstić information content (AvgIpc) is 2.91. The number of hydrogen-bond acceptors (Lipinski definition) is 5. The molecule has 0 aliphatic carbocycles. The van der Waals surface area contributed by atoms with Crippen molar-refractivity contribution in [1.82, 2.24) is 4.98 Å². The SMILES string of the molecule is CCC(CC)C(C[NH2+]CC(=O)c1ccccc1)OC(=O)C(CNc1ccccc1)c1ccc(=O)[nH]c1. The van der Waals surface area contributed by atoms with Gasteiger partial charge in [-0.05, 0) is 30.5 Å². The molecule has 2 aromatic carbocycles. The zero-order chi connectivity index (χ0) is 25.8. The van der Waals surface area contributed by atoms with Crippen LogP contribution in [0.2, 0.25) is 0 Å². The number of aromatic nitrogens is 1. The van der Waals surface area contributed by atoms with Crippen molar-refractivity contribution in [3.8, 4) is 0 Å². The van der Waals surface area contributed by atoms with Gasteiger partial charge in [0.1, 0.15) is 19.0 Å². The van der Waals surface area contributed by atoms with Gasteiger partial charge >= 0.3 is 5.97 Å². The van der Waals surface area contributed by atoms with Crippen molar-refractivity contribution < 1.29 is 19.6 Å². The number of carbonyl (C=O) groups excluding carboxylic acids is 2. The van der Waals surface area contributed by atoms with Gasteiger partial charge < -0.3 is 20.4 Å². The van der Waals surface area contributed by atoms with E-state index in [1.807, 2.05) is 66.0 Å². The van der Waals surface area contributed by atoms with Crippen LogP contribution in [0, 0.1) is 5.92 Å². The van der Waals surface area contributed by atoms with Gasteiger partial charge in [-0.2, -0.15) is 0 Å². The van der Waals surface area contributed by atoms with E-state index in [2.05, 4.69) is 24.1 Å². The van der Waals surface area contributed by atoms with Crippen LogP contribution < -0.4 is 16.2 Å². The molecule has 0 fully saturated rings. The third kappa shape index (κ3) is 7.92. The van der Waals surface area contributed by atoms with Crippen LogP contribution in [-0.2, 0) is 9.53 Å². The number of para-hydroxylation sites is 1. The number of Topliss-reactive ketones (excluding diaryl/α,β-unsaturated/α-hetero) is 1. The highest BCUT2D eigenvalue weighted by Gasteiger charge is 2.30. The fraction of sp³-hybridized carbons (Fsp3) is 0.345. The zero-order valence-corrected chi connectivity index (χ0v) is 21.0. The van der Waals surface area contributed by atoms with Gasteiger partial charge in [-0.1, -0.05) is 68.4 Å². The molecule has 0 aliphatic rings. The molecule has 0 bridgehead atoms. The summed E-state index contributed by atoms with van der Waals surface area (Å²) in [6, 6.07) is 21.9. The minimum Gasteiger partial charge on any atom is -0.456 e. The van der Waals surface area contributed by atoms with Gasteiger partial charge in [0.15, 0.2) is 6.10 Å². The number of nitrogens with two attached hydrogens (primary N) is 1. The van der Waals surface area contributed by atoms with E-state index in [1.165, 1.54) is 6.07 Å². The van der Waals surface area contributed by atoms with Crippen molar-refractivity contribution in [3.63, 3.8) is 0 Å². The molecular weight excluding hydrogens is 454 g/mol. The monoisotopic (exact) mass is 490 g/mol. The predicted molar refractivity (Wildman–Crippen MR) is 141 cm³/mol. The number of ketones is 1. The molecule has 0 saturated carbocycles. The Morgan fingerprint density at radius 2 is 1.61 bits per heavy atom. The lowest BCUT2D eigenvalue weighted by Gasteiger charge is -2.26. The smallest absolute Gasteiger partial charge is 0.315 e. The second-order valence-corrected chi connectivity index (χ2v) is 8.86. The number of hydrogen-bond donors (Lipinski definition) is 3. The normalized spacial score (nSPS) is 12.6. The van der Waals surface area contributed by atoms with E-state index in [-0.39, 0.29) is 35.9 Å². The molecule has 36 heavy (non-hydrogen) atoms.